The summed E-state index contributed by atoms with van der Waals surface area (Å²) in [6.45, 7) is 1.54. The number of aromatic hydroxyl groups is 2. The van der Waals surface area contributed by atoms with Gasteiger partial charge in [-0.15, -0.1) is 0 Å². The molecule has 0 amide bonds. The van der Waals surface area contributed by atoms with Crippen molar-refractivity contribution in [2.75, 3.05) is 0 Å². The fraction of sp³-hybridized carbons (Fsp3) is 0.0909. The molecule has 0 saturated carbocycles. The van der Waals surface area contributed by atoms with E-state index < -0.39 is 16.9 Å². The summed E-state index contributed by atoms with van der Waals surface area (Å²) in [7, 11) is 0. The Morgan fingerprint density at radius 2 is 1.94 bits per heavy atom. The number of benzene rings is 1. The maximum Gasteiger partial charge on any atom is 0.196 e. The lowest BCUT2D eigenvalue weighted by molar-refractivity contribution is 0.112. The van der Waals surface area contributed by atoms with Crippen LogP contribution in [-0.4, -0.2) is 16.5 Å². The van der Waals surface area contributed by atoms with Gasteiger partial charge in [0.25, 0.3) is 0 Å². The van der Waals surface area contributed by atoms with Gasteiger partial charge in [0.05, 0.1) is 5.56 Å². The number of rotatable bonds is 1. The highest BCUT2D eigenvalue weighted by molar-refractivity contribution is 5.99. The van der Waals surface area contributed by atoms with E-state index in [1.54, 1.807) is 0 Å². The molecule has 0 fully saturated rings. The van der Waals surface area contributed by atoms with Crippen molar-refractivity contribution in [2.45, 2.75) is 6.92 Å². The topological polar surface area (TPSA) is 87.7 Å². The van der Waals surface area contributed by atoms with Crippen LogP contribution in [0.5, 0.6) is 11.5 Å². The Balaban J connectivity index is 3.11. The van der Waals surface area contributed by atoms with Gasteiger partial charge in [0.15, 0.2) is 17.3 Å². The first-order valence-corrected chi connectivity index (χ1v) is 4.49. The van der Waals surface area contributed by atoms with Crippen molar-refractivity contribution >= 4 is 17.3 Å². The molecule has 0 unspecified atom stereocenters. The minimum Gasteiger partial charge on any atom is -0.507 e. The van der Waals surface area contributed by atoms with Gasteiger partial charge in [0.2, 0.25) is 0 Å². The second kappa shape index (κ2) is 3.37. The predicted octanol–water partition coefficient (Wildman–Crippen LogP) is 1.33. The van der Waals surface area contributed by atoms with Crippen molar-refractivity contribution in [3.63, 3.8) is 0 Å². The molecule has 2 rings (SSSR count). The molecule has 0 radical (unpaired) electrons. The van der Waals surface area contributed by atoms with E-state index in [1.165, 1.54) is 13.0 Å². The number of aldehydes is 1. The van der Waals surface area contributed by atoms with Crippen LogP contribution in [0.4, 0.5) is 0 Å². The fourth-order valence-corrected chi connectivity index (χ4v) is 1.55. The van der Waals surface area contributed by atoms with Gasteiger partial charge < -0.3 is 14.6 Å². The van der Waals surface area contributed by atoms with Crippen LogP contribution in [-0.2, 0) is 0 Å². The summed E-state index contributed by atoms with van der Waals surface area (Å²) in [6.07, 6.45) is 0.374. The number of carbonyl (C=O) groups is 1. The smallest absolute Gasteiger partial charge is 0.196 e. The number of phenolic OH excluding ortho intramolecular Hbond substituents is 2. The van der Waals surface area contributed by atoms with Crippen molar-refractivity contribution < 1.29 is 19.4 Å². The van der Waals surface area contributed by atoms with Crippen LogP contribution in [0.15, 0.2) is 21.3 Å². The first kappa shape index (κ1) is 10.2. The van der Waals surface area contributed by atoms with E-state index >= 15 is 0 Å². The molecule has 0 aliphatic rings. The minimum absolute atomic E-state index is 0.0995. The number of carbonyl (C=O) groups excluding carboxylic acids is 1. The summed E-state index contributed by atoms with van der Waals surface area (Å²) in [6, 6.07) is 2.14. The second-order valence-corrected chi connectivity index (χ2v) is 3.37. The Bertz CT molecular complexity index is 639. The van der Waals surface area contributed by atoms with E-state index in [4.69, 9.17) is 4.42 Å². The number of hydrogen-bond acceptors (Lipinski definition) is 5. The largest absolute Gasteiger partial charge is 0.507 e. The van der Waals surface area contributed by atoms with E-state index in [0.29, 0.717) is 12.0 Å². The average molecular weight is 220 g/mol. The Labute approximate surface area is 89.6 Å². The zero-order chi connectivity index (χ0) is 11.9. The zero-order valence-corrected chi connectivity index (χ0v) is 8.35. The Kier molecular flexibility index (Phi) is 2.16. The highest BCUT2D eigenvalue weighted by Crippen LogP contribution is 2.31. The molecule has 0 spiro atoms. The second-order valence-electron chi connectivity index (χ2n) is 3.37. The molecule has 5 heteroatoms. The molecule has 0 aliphatic carbocycles. The number of hydrogen-bond donors (Lipinski definition) is 2. The van der Waals surface area contributed by atoms with Crippen LogP contribution in [0, 0.1) is 6.92 Å². The zero-order valence-electron chi connectivity index (χ0n) is 8.35. The molecule has 2 N–H and O–H groups in total. The van der Waals surface area contributed by atoms with Gasteiger partial charge in [0.1, 0.15) is 22.6 Å². The molecular weight excluding hydrogens is 212 g/mol. The molecule has 0 saturated heterocycles. The molecule has 5 nitrogen and oxygen atoms in total. The lowest BCUT2D eigenvalue weighted by Crippen LogP contribution is -2.02. The van der Waals surface area contributed by atoms with Crippen molar-refractivity contribution in [3.05, 3.63) is 33.7 Å². The molecule has 82 valence electrons. The average Bonchev–Trinajstić information content (AvgIpc) is 2.15. The number of aryl methyl sites for hydroxylation is 1. The quantitative estimate of drug-likeness (QED) is 0.707. The summed E-state index contributed by atoms with van der Waals surface area (Å²) in [5.41, 5.74) is -0.703. The predicted molar refractivity (Wildman–Crippen MR) is 55.9 cm³/mol. The normalized spacial score (nSPS) is 10.6. The molecule has 0 atom stereocenters. The summed E-state index contributed by atoms with van der Waals surface area (Å²) in [4.78, 5) is 22.4. The standard InChI is InChI=1S/C11H8O5/c1-5-2-8(14)10-9(15)3-7(13)6(4-12)11(10)16-5/h2-4,13,15H,1H3. The minimum atomic E-state index is -0.459. The third kappa shape index (κ3) is 1.33. The van der Waals surface area contributed by atoms with Crippen LogP contribution in [0.1, 0.15) is 16.1 Å². The monoisotopic (exact) mass is 220 g/mol. The first-order valence-electron chi connectivity index (χ1n) is 4.49. The number of fused-ring (bicyclic) bond motifs is 1. The molecule has 2 aromatic rings. The van der Waals surface area contributed by atoms with Gasteiger partial charge in [-0.1, -0.05) is 0 Å². The van der Waals surface area contributed by atoms with Crippen molar-refractivity contribution in [1.82, 2.24) is 0 Å². The van der Waals surface area contributed by atoms with Gasteiger partial charge in [-0.2, -0.15) is 0 Å². The van der Waals surface area contributed by atoms with Gasteiger partial charge in [-0.05, 0) is 6.92 Å². The van der Waals surface area contributed by atoms with Gasteiger partial charge in [-0.25, -0.2) is 0 Å². The Morgan fingerprint density at radius 3 is 2.56 bits per heavy atom. The molecular formula is C11H8O5. The lowest BCUT2D eigenvalue weighted by Gasteiger charge is -2.05. The fourth-order valence-electron chi connectivity index (χ4n) is 1.55. The van der Waals surface area contributed by atoms with Crippen LogP contribution in [0.2, 0.25) is 0 Å². The summed E-state index contributed by atoms with van der Waals surface area (Å²) in [5, 5.41) is 18.8. The van der Waals surface area contributed by atoms with Gasteiger partial charge in [-0.3, -0.25) is 9.59 Å². The Hall–Kier alpha value is -2.30. The van der Waals surface area contributed by atoms with E-state index in [9.17, 15) is 19.8 Å². The third-order valence-corrected chi connectivity index (χ3v) is 2.24. The highest BCUT2D eigenvalue weighted by Gasteiger charge is 2.16. The molecule has 1 aromatic carbocycles. The highest BCUT2D eigenvalue weighted by atomic mass is 16.3. The molecule has 0 bridgehead atoms. The van der Waals surface area contributed by atoms with Crippen LogP contribution in [0.3, 0.4) is 0 Å². The molecule has 16 heavy (non-hydrogen) atoms. The van der Waals surface area contributed by atoms with Gasteiger partial charge >= 0.3 is 0 Å². The van der Waals surface area contributed by atoms with Gasteiger partial charge in [0, 0.05) is 12.1 Å². The Morgan fingerprint density at radius 1 is 1.25 bits per heavy atom. The molecule has 0 aliphatic heterocycles. The molecule has 1 heterocycles. The summed E-state index contributed by atoms with van der Waals surface area (Å²) < 4.78 is 5.17. The van der Waals surface area contributed by atoms with E-state index in [2.05, 4.69) is 0 Å². The first-order chi connectivity index (χ1) is 7.54. The number of phenols is 2. The maximum atomic E-state index is 11.6. The van der Waals surface area contributed by atoms with E-state index in [0.717, 1.165) is 6.07 Å². The van der Waals surface area contributed by atoms with Crippen molar-refractivity contribution in [1.29, 1.82) is 0 Å². The lowest BCUT2D eigenvalue weighted by atomic mass is 10.1. The maximum absolute atomic E-state index is 11.6. The van der Waals surface area contributed by atoms with Crippen molar-refractivity contribution in [3.8, 4) is 11.5 Å². The SMILES string of the molecule is Cc1cc(=O)c2c(O)cc(O)c(C=O)c2o1. The van der Waals surface area contributed by atoms with Crippen LogP contribution in [0.25, 0.3) is 11.0 Å². The van der Waals surface area contributed by atoms with E-state index in [-0.39, 0.29) is 16.5 Å². The van der Waals surface area contributed by atoms with E-state index in [1.807, 2.05) is 0 Å². The summed E-state index contributed by atoms with van der Waals surface area (Å²) in [5.74, 6) is -0.536. The van der Waals surface area contributed by atoms with Crippen LogP contribution >= 0.6 is 0 Å². The summed E-state index contributed by atoms with van der Waals surface area (Å²) >= 11 is 0. The third-order valence-electron chi connectivity index (χ3n) is 2.24. The van der Waals surface area contributed by atoms with Crippen LogP contribution < -0.4 is 5.43 Å². The molecule has 1 aromatic heterocycles. The van der Waals surface area contributed by atoms with Crippen molar-refractivity contribution in [2.24, 2.45) is 0 Å².